The van der Waals surface area contributed by atoms with Crippen molar-refractivity contribution in [2.24, 2.45) is 0 Å². The first-order valence-electron chi connectivity index (χ1n) is 19.3. The Kier molecular flexibility index (Phi) is 17.0. The molecule has 2 heterocycles. The maximum atomic E-state index is 2.56. The Morgan fingerprint density at radius 3 is 1.46 bits per heavy atom. The molecule has 2 aromatic heterocycles. The number of benzene rings is 2. The zero-order valence-corrected chi connectivity index (χ0v) is 31.6. The van der Waals surface area contributed by atoms with Crippen molar-refractivity contribution in [2.75, 3.05) is 0 Å². The predicted octanol–water partition coefficient (Wildman–Crippen LogP) is 15.8. The van der Waals surface area contributed by atoms with Crippen molar-refractivity contribution < 1.29 is 0 Å². The van der Waals surface area contributed by atoms with Crippen LogP contribution in [0.15, 0.2) is 48.5 Å². The maximum Gasteiger partial charge on any atom is 0.0484 e. The summed E-state index contributed by atoms with van der Waals surface area (Å²) in [6.07, 6.45) is 30.4. The van der Waals surface area contributed by atoms with Gasteiger partial charge in [0.15, 0.2) is 0 Å². The van der Waals surface area contributed by atoms with Gasteiger partial charge in [-0.2, -0.15) is 0 Å². The standard InChI is InChI=1S/C44H64S2/c1-5-7-9-11-13-15-17-19-21-23-25-40-32-36(4)45-43(40)44-41(26-24-22-20-18-16-14-12-10-8-6-2)34-42(46-44)39-30-29-37-31-35(3)27-28-38(37)33-39/h27-34H,5-26H2,1-4H3. The molecule has 0 spiro atoms. The second-order valence-electron chi connectivity index (χ2n) is 14.1. The zero-order valence-electron chi connectivity index (χ0n) is 30.0. The largest absolute Gasteiger partial charge is 0.139 e. The summed E-state index contributed by atoms with van der Waals surface area (Å²) in [6, 6.07) is 19.0. The molecule has 4 rings (SSSR count). The Labute approximate surface area is 291 Å². The zero-order chi connectivity index (χ0) is 32.4. The molecule has 0 saturated heterocycles. The van der Waals surface area contributed by atoms with Crippen LogP contribution < -0.4 is 0 Å². The highest BCUT2D eigenvalue weighted by atomic mass is 32.1. The van der Waals surface area contributed by atoms with Gasteiger partial charge in [0.2, 0.25) is 0 Å². The second-order valence-corrected chi connectivity index (χ2v) is 16.4. The van der Waals surface area contributed by atoms with E-state index in [0.29, 0.717) is 0 Å². The molecule has 0 aliphatic carbocycles. The molecule has 0 atom stereocenters. The molecule has 0 unspecified atom stereocenters. The van der Waals surface area contributed by atoms with E-state index in [0.717, 1.165) is 0 Å². The fourth-order valence-corrected chi connectivity index (χ4v) is 9.49. The van der Waals surface area contributed by atoms with E-state index in [1.54, 1.807) is 20.9 Å². The van der Waals surface area contributed by atoms with E-state index in [9.17, 15) is 0 Å². The van der Waals surface area contributed by atoms with Gasteiger partial charge in [-0.15, -0.1) is 22.7 Å². The lowest BCUT2D eigenvalue weighted by molar-refractivity contribution is 0.556. The third-order valence-corrected chi connectivity index (χ3v) is 12.3. The lowest BCUT2D eigenvalue weighted by atomic mass is 10.00. The Balaban J connectivity index is 1.39. The lowest BCUT2D eigenvalue weighted by Gasteiger charge is -2.07. The number of aryl methyl sites for hydroxylation is 4. The van der Waals surface area contributed by atoms with Crippen molar-refractivity contribution in [2.45, 2.75) is 169 Å². The van der Waals surface area contributed by atoms with Gasteiger partial charge in [0, 0.05) is 19.5 Å². The van der Waals surface area contributed by atoms with Crippen LogP contribution in [0.3, 0.4) is 0 Å². The van der Waals surface area contributed by atoms with Crippen LogP contribution in [-0.4, -0.2) is 0 Å². The average Bonchev–Trinajstić information content (AvgIpc) is 3.65. The van der Waals surface area contributed by atoms with E-state index < -0.39 is 0 Å². The lowest BCUT2D eigenvalue weighted by Crippen LogP contribution is -1.90. The van der Waals surface area contributed by atoms with Gasteiger partial charge in [-0.3, -0.25) is 0 Å². The molecule has 0 aliphatic heterocycles. The number of unbranched alkanes of at least 4 members (excludes halogenated alkanes) is 18. The summed E-state index contributed by atoms with van der Waals surface area (Å²) in [7, 11) is 0. The first-order chi connectivity index (χ1) is 22.6. The van der Waals surface area contributed by atoms with Gasteiger partial charge in [-0.1, -0.05) is 165 Å². The van der Waals surface area contributed by atoms with Crippen LogP contribution in [0.1, 0.15) is 164 Å². The van der Waals surface area contributed by atoms with Gasteiger partial charge in [0.05, 0.1) is 0 Å². The topological polar surface area (TPSA) is 0 Å². The summed E-state index contributed by atoms with van der Waals surface area (Å²) < 4.78 is 0. The fraction of sp³-hybridized carbons (Fsp3) is 0.591. The molecular formula is C44H64S2. The summed E-state index contributed by atoms with van der Waals surface area (Å²) in [6.45, 7) is 9.12. The second kappa shape index (κ2) is 21.1. The van der Waals surface area contributed by atoms with Crippen molar-refractivity contribution in [3.05, 3.63) is 70.1 Å². The summed E-state index contributed by atoms with van der Waals surface area (Å²) >= 11 is 4.10. The molecule has 0 amide bonds. The van der Waals surface area contributed by atoms with Crippen LogP contribution in [0, 0.1) is 13.8 Å². The summed E-state index contributed by atoms with van der Waals surface area (Å²) in [5.41, 5.74) is 5.91. The third kappa shape index (κ3) is 12.3. The number of fused-ring (bicyclic) bond motifs is 1. The number of rotatable bonds is 24. The highest BCUT2D eigenvalue weighted by molar-refractivity contribution is 7.24. The van der Waals surface area contributed by atoms with E-state index in [2.05, 4.69) is 87.6 Å². The van der Waals surface area contributed by atoms with Crippen molar-refractivity contribution in [3.8, 4) is 20.2 Å². The maximum absolute atomic E-state index is 2.56. The van der Waals surface area contributed by atoms with Crippen LogP contribution in [0.2, 0.25) is 0 Å². The molecule has 0 bridgehead atoms. The van der Waals surface area contributed by atoms with Gasteiger partial charge in [-0.05, 0) is 85.2 Å². The molecule has 252 valence electrons. The molecule has 2 heteroatoms. The van der Waals surface area contributed by atoms with Crippen LogP contribution in [-0.2, 0) is 12.8 Å². The molecule has 0 nitrogen and oxygen atoms in total. The van der Waals surface area contributed by atoms with Gasteiger partial charge in [0.1, 0.15) is 0 Å². The van der Waals surface area contributed by atoms with Crippen LogP contribution in [0.25, 0.3) is 31.0 Å². The minimum Gasteiger partial charge on any atom is -0.139 e. The molecule has 0 fully saturated rings. The Morgan fingerprint density at radius 2 is 0.891 bits per heavy atom. The number of hydrogen-bond donors (Lipinski definition) is 0. The molecule has 46 heavy (non-hydrogen) atoms. The first-order valence-corrected chi connectivity index (χ1v) is 21.0. The minimum absolute atomic E-state index is 1.21. The number of thiophene rings is 2. The van der Waals surface area contributed by atoms with E-state index in [-0.39, 0.29) is 0 Å². The van der Waals surface area contributed by atoms with Gasteiger partial charge in [-0.25, -0.2) is 0 Å². The van der Waals surface area contributed by atoms with Crippen LogP contribution in [0.4, 0.5) is 0 Å². The molecule has 0 saturated carbocycles. The Hall–Kier alpha value is -1.90. The molecule has 0 radical (unpaired) electrons. The highest BCUT2D eigenvalue weighted by Gasteiger charge is 2.18. The molecule has 0 aliphatic rings. The van der Waals surface area contributed by atoms with E-state index in [1.165, 1.54) is 173 Å². The summed E-state index contributed by atoms with van der Waals surface area (Å²) in [4.78, 5) is 6.05. The Morgan fingerprint density at radius 1 is 0.435 bits per heavy atom. The Bertz CT molecular complexity index is 1400. The SMILES string of the molecule is CCCCCCCCCCCCc1cc(C)sc1-c1sc(-c2ccc3cc(C)ccc3c2)cc1CCCCCCCCCCCC. The van der Waals surface area contributed by atoms with Gasteiger partial charge < -0.3 is 0 Å². The molecule has 2 aromatic carbocycles. The quantitative estimate of drug-likeness (QED) is 0.0658. The molecular weight excluding hydrogens is 593 g/mol. The minimum atomic E-state index is 1.21. The number of hydrogen-bond acceptors (Lipinski definition) is 2. The first kappa shape index (κ1) is 36.9. The van der Waals surface area contributed by atoms with Gasteiger partial charge in [0.25, 0.3) is 0 Å². The van der Waals surface area contributed by atoms with Crippen molar-refractivity contribution >= 4 is 33.4 Å². The normalized spacial score (nSPS) is 11.7. The van der Waals surface area contributed by atoms with E-state index in [4.69, 9.17) is 0 Å². The van der Waals surface area contributed by atoms with Crippen molar-refractivity contribution in [3.63, 3.8) is 0 Å². The van der Waals surface area contributed by atoms with Crippen LogP contribution in [0.5, 0.6) is 0 Å². The summed E-state index contributed by atoms with van der Waals surface area (Å²) in [5, 5.41) is 2.70. The average molecular weight is 657 g/mol. The van der Waals surface area contributed by atoms with Crippen molar-refractivity contribution in [1.82, 2.24) is 0 Å². The molecule has 4 aromatic rings. The van der Waals surface area contributed by atoms with Crippen molar-refractivity contribution in [1.29, 1.82) is 0 Å². The summed E-state index contributed by atoms with van der Waals surface area (Å²) in [5.74, 6) is 0. The smallest absolute Gasteiger partial charge is 0.0484 e. The fourth-order valence-electron chi connectivity index (χ4n) is 7.02. The third-order valence-electron chi connectivity index (χ3n) is 9.83. The van der Waals surface area contributed by atoms with E-state index in [1.807, 2.05) is 11.3 Å². The predicted molar refractivity (Wildman–Crippen MR) is 211 cm³/mol. The monoisotopic (exact) mass is 656 g/mol. The van der Waals surface area contributed by atoms with Crippen LogP contribution >= 0.6 is 22.7 Å². The van der Waals surface area contributed by atoms with Gasteiger partial charge >= 0.3 is 0 Å². The van der Waals surface area contributed by atoms with E-state index >= 15 is 0 Å². The highest BCUT2D eigenvalue weighted by Crippen LogP contribution is 2.44. The molecule has 0 N–H and O–H groups in total.